The first-order chi connectivity index (χ1) is 10.1. The topological polar surface area (TPSA) is 63.2 Å². The zero-order valence-corrected chi connectivity index (χ0v) is 11.9. The highest BCUT2D eigenvalue weighted by molar-refractivity contribution is 6.31. The third-order valence-corrected chi connectivity index (χ3v) is 2.77. The van der Waals surface area contributed by atoms with Crippen molar-refractivity contribution in [1.82, 2.24) is 4.98 Å². The van der Waals surface area contributed by atoms with Crippen LogP contribution in [0.15, 0.2) is 36.5 Å². The van der Waals surface area contributed by atoms with E-state index in [0.717, 1.165) is 0 Å². The van der Waals surface area contributed by atoms with Gasteiger partial charge in [-0.2, -0.15) is 0 Å². The molecule has 0 fully saturated rings. The molecule has 0 spiro atoms. The molecule has 5 nitrogen and oxygen atoms in total. The second kappa shape index (κ2) is 6.90. The number of amides is 1. The molecule has 0 saturated carbocycles. The molecule has 1 aromatic heterocycles. The fraction of sp³-hybridized carbons (Fsp3) is 0.143. The van der Waals surface area contributed by atoms with E-state index in [2.05, 4.69) is 15.6 Å². The lowest BCUT2D eigenvalue weighted by atomic mass is 10.3. The fourth-order valence-electron chi connectivity index (χ4n) is 1.55. The average Bonchev–Trinajstić information content (AvgIpc) is 2.45. The highest BCUT2D eigenvalue weighted by Crippen LogP contribution is 2.22. The van der Waals surface area contributed by atoms with E-state index in [1.807, 2.05) is 0 Å². The molecule has 0 unspecified atom stereocenters. The molecule has 110 valence electrons. The molecule has 2 rings (SSSR count). The molecule has 1 aromatic carbocycles. The SMILES string of the molecule is CCOC(=O)Nc1ccc(Nc2ccc(F)c(Cl)c2)nc1. The van der Waals surface area contributed by atoms with Crippen LogP contribution in [0.2, 0.25) is 5.02 Å². The van der Waals surface area contributed by atoms with Gasteiger partial charge in [-0.05, 0) is 37.3 Å². The molecular formula is C14H13ClFN3O2. The average molecular weight is 310 g/mol. The summed E-state index contributed by atoms with van der Waals surface area (Å²) in [5.74, 6) is 0.0521. The van der Waals surface area contributed by atoms with Gasteiger partial charge in [0.15, 0.2) is 0 Å². The van der Waals surface area contributed by atoms with E-state index in [0.29, 0.717) is 23.8 Å². The minimum absolute atomic E-state index is 0.0283. The van der Waals surface area contributed by atoms with Crippen molar-refractivity contribution < 1.29 is 13.9 Å². The summed E-state index contributed by atoms with van der Waals surface area (Å²) < 4.78 is 17.8. The van der Waals surface area contributed by atoms with Crippen molar-refractivity contribution in [3.05, 3.63) is 47.4 Å². The molecule has 2 aromatic rings. The smallest absolute Gasteiger partial charge is 0.411 e. The number of nitrogens with one attached hydrogen (secondary N) is 2. The molecule has 0 bridgehead atoms. The van der Waals surface area contributed by atoms with E-state index in [4.69, 9.17) is 16.3 Å². The Balaban J connectivity index is 2.01. The fourth-order valence-corrected chi connectivity index (χ4v) is 1.73. The molecule has 0 aliphatic carbocycles. The van der Waals surface area contributed by atoms with Crippen molar-refractivity contribution in [2.45, 2.75) is 6.92 Å². The van der Waals surface area contributed by atoms with Crippen LogP contribution in [0.25, 0.3) is 0 Å². The number of anilines is 3. The molecule has 0 aliphatic heterocycles. The number of halogens is 2. The van der Waals surface area contributed by atoms with Gasteiger partial charge in [0.2, 0.25) is 0 Å². The second-order valence-corrected chi connectivity index (χ2v) is 4.44. The summed E-state index contributed by atoms with van der Waals surface area (Å²) in [6, 6.07) is 7.61. The van der Waals surface area contributed by atoms with Crippen LogP contribution in [-0.4, -0.2) is 17.7 Å². The van der Waals surface area contributed by atoms with Crippen LogP contribution in [0, 0.1) is 5.82 Å². The largest absolute Gasteiger partial charge is 0.450 e. The number of hydrogen-bond donors (Lipinski definition) is 2. The number of carbonyl (C=O) groups is 1. The van der Waals surface area contributed by atoms with Gasteiger partial charge in [0, 0.05) is 5.69 Å². The van der Waals surface area contributed by atoms with Gasteiger partial charge in [-0.25, -0.2) is 14.2 Å². The molecule has 21 heavy (non-hydrogen) atoms. The number of carbonyl (C=O) groups excluding carboxylic acids is 1. The van der Waals surface area contributed by atoms with E-state index >= 15 is 0 Å². The minimum Gasteiger partial charge on any atom is -0.450 e. The maximum atomic E-state index is 13.0. The molecular weight excluding hydrogens is 297 g/mol. The van der Waals surface area contributed by atoms with Crippen molar-refractivity contribution >= 4 is 34.9 Å². The first-order valence-corrected chi connectivity index (χ1v) is 6.58. The first-order valence-electron chi connectivity index (χ1n) is 6.20. The number of rotatable bonds is 4. The Bertz CT molecular complexity index is 635. The van der Waals surface area contributed by atoms with Gasteiger partial charge in [-0.1, -0.05) is 11.6 Å². The van der Waals surface area contributed by atoms with Crippen LogP contribution < -0.4 is 10.6 Å². The Labute approximate surface area is 126 Å². The van der Waals surface area contributed by atoms with Gasteiger partial charge < -0.3 is 10.1 Å². The summed E-state index contributed by atoms with van der Waals surface area (Å²) in [6.07, 6.45) is 0.940. The van der Waals surface area contributed by atoms with Crippen LogP contribution in [0.4, 0.5) is 26.4 Å². The lowest BCUT2D eigenvalue weighted by Crippen LogP contribution is -2.13. The Morgan fingerprint density at radius 3 is 2.71 bits per heavy atom. The van der Waals surface area contributed by atoms with Crippen molar-refractivity contribution in [2.24, 2.45) is 0 Å². The number of pyridine rings is 1. The number of aromatic nitrogens is 1. The lowest BCUT2D eigenvalue weighted by Gasteiger charge is -2.08. The third kappa shape index (κ3) is 4.32. The van der Waals surface area contributed by atoms with Crippen LogP contribution >= 0.6 is 11.6 Å². The van der Waals surface area contributed by atoms with Crippen molar-refractivity contribution in [3.63, 3.8) is 0 Å². The predicted molar refractivity (Wildman–Crippen MR) is 79.6 cm³/mol. The van der Waals surface area contributed by atoms with Crippen LogP contribution in [0.3, 0.4) is 0 Å². The Kier molecular flexibility index (Phi) is 4.94. The van der Waals surface area contributed by atoms with Crippen LogP contribution in [0.5, 0.6) is 0 Å². The van der Waals surface area contributed by atoms with E-state index < -0.39 is 11.9 Å². The monoisotopic (exact) mass is 309 g/mol. The number of ether oxygens (including phenoxy) is 1. The maximum Gasteiger partial charge on any atom is 0.411 e. The molecule has 7 heteroatoms. The van der Waals surface area contributed by atoms with Gasteiger partial charge in [0.25, 0.3) is 0 Å². The summed E-state index contributed by atoms with van der Waals surface area (Å²) >= 11 is 5.70. The zero-order valence-electron chi connectivity index (χ0n) is 11.2. The van der Waals surface area contributed by atoms with Crippen LogP contribution in [0.1, 0.15) is 6.92 Å². The van der Waals surface area contributed by atoms with Gasteiger partial charge in [0.1, 0.15) is 11.6 Å². The summed E-state index contributed by atoms with van der Waals surface area (Å²) in [5.41, 5.74) is 1.12. The molecule has 1 heterocycles. The van der Waals surface area contributed by atoms with E-state index in [-0.39, 0.29) is 5.02 Å². The Morgan fingerprint density at radius 1 is 1.33 bits per heavy atom. The van der Waals surface area contributed by atoms with Crippen molar-refractivity contribution in [2.75, 3.05) is 17.2 Å². The van der Waals surface area contributed by atoms with E-state index in [9.17, 15) is 9.18 Å². The summed E-state index contributed by atoms with van der Waals surface area (Å²) in [4.78, 5) is 15.4. The van der Waals surface area contributed by atoms with E-state index in [1.54, 1.807) is 25.1 Å². The van der Waals surface area contributed by atoms with Gasteiger partial charge in [0.05, 0.1) is 23.5 Å². The van der Waals surface area contributed by atoms with Crippen LogP contribution in [-0.2, 0) is 4.74 Å². The van der Waals surface area contributed by atoms with Crippen molar-refractivity contribution in [3.8, 4) is 0 Å². The predicted octanol–water partition coefficient (Wildman–Crippen LogP) is 4.19. The van der Waals surface area contributed by atoms with Gasteiger partial charge >= 0.3 is 6.09 Å². The Morgan fingerprint density at radius 2 is 2.10 bits per heavy atom. The molecule has 1 amide bonds. The first kappa shape index (κ1) is 15.1. The molecule has 0 atom stereocenters. The maximum absolute atomic E-state index is 13.0. The molecule has 0 radical (unpaired) electrons. The van der Waals surface area contributed by atoms with Gasteiger partial charge in [-0.3, -0.25) is 5.32 Å². The number of nitrogens with zero attached hydrogens (tertiary/aromatic N) is 1. The summed E-state index contributed by atoms with van der Waals surface area (Å²) in [5, 5.41) is 5.53. The molecule has 2 N–H and O–H groups in total. The zero-order chi connectivity index (χ0) is 15.2. The highest BCUT2D eigenvalue weighted by Gasteiger charge is 2.04. The quantitative estimate of drug-likeness (QED) is 0.889. The molecule has 0 aliphatic rings. The summed E-state index contributed by atoms with van der Waals surface area (Å²) in [7, 11) is 0. The minimum atomic E-state index is -0.537. The van der Waals surface area contributed by atoms with Crippen molar-refractivity contribution in [1.29, 1.82) is 0 Å². The number of hydrogen-bond acceptors (Lipinski definition) is 4. The third-order valence-electron chi connectivity index (χ3n) is 2.48. The lowest BCUT2D eigenvalue weighted by molar-refractivity contribution is 0.168. The standard InChI is InChI=1S/C14H13ClFN3O2/c1-2-21-14(20)19-10-4-6-13(17-8-10)18-9-3-5-12(16)11(15)7-9/h3-8H,2H2,1H3,(H,17,18)(H,19,20). The highest BCUT2D eigenvalue weighted by atomic mass is 35.5. The Hall–Kier alpha value is -2.34. The van der Waals surface area contributed by atoms with E-state index in [1.165, 1.54) is 18.3 Å². The summed E-state index contributed by atoms with van der Waals surface area (Å²) in [6.45, 7) is 2.02. The normalized spacial score (nSPS) is 10.0. The number of benzene rings is 1. The van der Waals surface area contributed by atoms with Gasteiger partial charge in [-0.15, -0.1) is 0 Å². The second-order valence-electron chi connectivity index (χ2n) is 4.03. The molecule has 0 saturated heterocycles.